The Hall–Kier alpha value is -3.96. The molecule has 0 bridgehead atoms. The Morgan fingerprint density at radius 1 is 0.697 bits per heavy atom. The minimum atomic E-state index is 0.530. The second-order valence-corrected chi connectivity index (χ2v) is 9.32. The van der Waals surface area contributed by atoms with Crippen LogP contribution in [0, 0.1) is 0 Å². The van der Waals surface area contributed by atoms with E-state index in [0.717, 1.165) is 21.0 Å². The Balaban J connectivity index is 1.32. The van der Waals surface area contributed by atoms with Gasteiger partial charge < -0.3 is 9.32 Å². The van der Waals surface area contributed by atoms with Gasteiger partial charge in [-0.3, -0.25) is 0 Å². The molecule has 1 aliphatic rings. The Morgan fingerprint density at radius 3 is 1.94 bits per heavy atom. The summed E-state index contributed by atoms with van der Waals surface area (Å²) >= 11 is 1.66. The van der Waals surface area contributed by atoms with E-state index in [1.807, 2.05) is 38.4 Å². The lowest BCUT2D eigenvalue weighted by atomic mass is 10.0. The van der Waals surface area contributed by atoms with Gasteiger partial charge in [-0.1, -0.05) is 48.5 Å². The van der Waals surface area contributed by atoms with E-state index in [1.54, 1.807) is 11.3 Å². The Morgan fingerprint density at radius 2 is 1.30 bits per heavy atom. The summed E-state index contributed by atoms with van der Waals surface area (Å²) in [6.45, 7) is 0. The summed E-state index contributed by atoms with van der Waals surface area (Å²) in [6.07, 6.45) is 2.26. The summed E-state index contributed by atoms with van der Waals surface area (Å²) in [6, 6.07) is 29.5. The first-order valence-corrected chi connectivity index (χ1v) is 11.6. The van der Waals surface area contributed by atoms with Crippen molar-refractivity contribution in [1.29, 1.82) is 0 Å². The summed E-state index contributed by atoms with van der Waals surface area (Å²) in [5.41, 5.74) is 8.42. The number of benzene rings is 3. The van der Waals surface area contributed by atoms with Crippen LogP contribution >= 0.6 is 11.3 Å². The number of thiophene rings is 1. The van der Waals surface area contributed by atoms with Gasteiger partial charge in [0.1, 0.15) is 0 Å². The largest absolute Gasteiger partial charge is 0.415 e. The maximum atomic E-state index is 6.01. The van der Waals surface area contributed by atoms with Gasteiger partial charge >= 0.3 is 0 Å². The molecule has 0 aliphatic heterocycles. The van der Waals surface area contributed by atoms with Gasteiger partial charge in [0, 0.05) is 30.2 Å². The zero-order valence-electron chi connectivity index (χ0n) is 18.3. The van der Waals surface area contributed by atoms with E-state index in [9.17, 15) is 0 Å². The Labute approximate surface area is 196 Å². The molecule has 160 valence electrons. The fourth-order valence-electron chi connectivity index (χ4n) is 4.24. The highest BCUT2D eigenvalue weighted by atomic mass is 32.1. The number of nitrogens with zero attached hydrogens (tertiary/aromatic N) is 3. The van der Waals surface area contributed by atoms with Crippen molar-refractivity contribution in [2.24, 2.45) is 0 Å². The predicted molar refractivity (Wildman–Crippen MR) is 136 cm³/mol. The van der Waals surface area contributed by atoms with Crippen LogP contribution in [0.15, 0.2) is 89.3 Å². The first-order chi connectivity index (χ1) is 16.2. The minimum Gasteiger partial charge on any atom is -0.415 e. The number of aromatic nitrogens is 2. The maximum Gasteiger partial charge on any atom is 0.258 e. The quantitative estimate of drug-likeness (QED) is 0.289. The molecule has 0 atom stereocenters. The van der Waals surface area contributed by atoms with E-state index in [-0.39, 0.29) is 0 Å². The van der Waals surface area contributed by atoms with E-state index in [1.165, 1.54) is 27.8 Å². The lowest BCUT2D eigenvalue weighted by molar-refractivity contribution is 0.586. The average molecular weight is 448 g/mol. The number of hydrogen-bond donors (Lipinski definition) is 0. The van der Waals surface area contributed by atoms with Crippen molar-refractivity contribution in [1.82, 2.24) is 10.2 Å². The number of hydrogen-bond acceptors (Lipinski definition) is 5. The molecule has 33 heavy (non-hydrogen) atoms. The van der Waals surface area contributed by atoms with E-state index in [2.05, 4.69) is 81.8 Å². The highest BCUT2D eigenvalue weighted by Crippen LogP contribution is 2.45. The van der Waals surface area contributed by atoms with Crippen molar-refractivity contribution in [2.45, 2.75) is 0 Å². The molecule has 0 N–H and O–H groups in total. The summed E-state index contributed by atoms with van der Waals surface area (Å²) in [5, 5.41) is 8.57. The SMILES string of the molecule is CN(C)c1ccc(-c2nnc(-c3ccc(C=C4c5ccccc5-c5ccccc54)s3)o2)cc1. The molecule has 2 aromatic heterocycles. The summed E-state index contributed by atoms with van der Waals surface area (Å²) < 4.78 is 6.01. The highest BCUT2D eigenvalue weighted by Gasteiger charge is 2.22. The minimum absolute atomic E-state index is 0.530. The van der Waals surface area contributed by atoms with E-state index in [4.69, 9.17) is 4.42 Å². The third kappa shape index (κ3) is 3.47. The lowest BCUT2D eigenvalue weighted by Gasteiger charge is -2.11. The molecule has 5 aromatic rings. The van der Waals surface area contributed by atoms with Crippen molar-refractivity contribution in [3.63, 3.8) is 0 Å². The lowest BCUT2D eigenvalue weighted by Crippen LogP contribution is -2.07. The normalized spacial score (nSPS) is 11.9. The second-order valence-electron chi connectivity index (χ2n) is 8.20. The van der Waals surface area contributed by atoms with Crippen LogP contribution in [0.1, 0.15) is 16.0 Å². The molecule has 2 heterocycles. The topological polar surface area (TPSA) is 42.2 Å². The summed E-state index contributed by atoms with van der Waals surface area (Å²) in [5.74, 6) is 1.07. The standard InChI is InChI=1S/C28H21N3OS/c1-31(2)19-13-11-18(12-14-19)27-29-30-28(32-27)26-16-15-20(33-26)17-25-23-9-5-3-7-21(23)22-8-4-6-10-24(22)25/h3-17H,1-2H3. The fraction of sp³-hybridized carbons (Fsp3) is 0.0714. The predicted octanol–water partition coefficient (Wildman–Crippen LogP) is 7.10. The van der Waals surface area contributed by atoms with Gasteiger partial charge in [-0.2, -0.15) is 0 Å². The van der Waals surface area contributed by atoms with Gasteiger partial charge in [-0.15, -0.1) is 21.5 Å². The van der Waals surface area contributed by atoms with Crippen LogP contribution in [-0.4, -0.2) is 24.3 Å². The van der Waals surface area contributed by atoms with Crippen LogP contribution in [0.5, 0.6) is 0 Å². The van der Waals surface area contributed by atoms with Crippen molar-refractivity contribution >= 4 is 28.7 Å². The Kier molecular flexibility index (Phi) is 4.70. The molecule has 0 unspecified atom stereocenters. The molecule has 0 fully saturated rings. The molecule has 1 aliphatic carbocycles. The first kappa shape index (κ1) is 19.7. The molecule has 6 rings (SSSR count). The van der Waals surface area contributed by atoms with E-state index in [0.29, 0.717) is 11.8 Å². The third-order valence-electron chi connectivity index (χ3n) is 5.90. The van der Waals surface area contributed by atoms with Crippen molar-refractivity contribution in [2.75, 3.05) is 19.0 Å². The molecule has 0 spiro atoms. The highest BCUT2D eigenvalue weighted by molar-refractivity contribution is 7.16. The van der Waals surface area contributed by atoms with Gasteiger partial charge in [0.25, 0.3) is 5.89 Å². The van der Waals surface area contributed by atoms with Crippen molar-refractivity contribution in [3.05, 3.63) is 101 Å². The van der Waals surface area contributed by atoms with E-state index < -0.39 is 0 Å². The van der Waals surface area contributed by atoms with Crippen LogP contribution < -0.4 is 4.90 Å². The van der Waals surface area contributed by atoms with E-state index >= 15 is 0 Å². The van der Waals surface area contributed by atoms with Gasteiger partial charge in [0.2, 0.25) is 5.89 Å². The van der Waals surface area contributed by atoms with Crippen LogP contribution in [0.4, 0.5) is 5.69 Å². The molecule has 4 nitrogen and oxygen atoms in total. The average Bonchev–Trinajstić information content (AvgIpc) is 3.58. The summed E-state index contributed by atoms with van der Waals surface area (Å²) in [4.78, 5) is 4.18. The van der Waals surface area contributed by atoms with Crippen LogP contribution in [-0.2, 0) is 0 Å². The summed E-state index contributed by atoms with van der Waals surface area (Å²) in [7, 11) is 4.04. The number of anilines is 1. The number of rotatable bonds is 4. The van der Waals surface area contributed by atoms with Gasteiger partial charge in [0.15, 0.2) is 0 Å². The molecule has 0 amide bonds. The van der Waals surface area contributed by atoms with Gasteiger partial charge in [-0.05, 0) is 70.3 Å². The molecule has 3 aromatic carbocycles. The monoisotopic (exact) mass is 447 g/mol. The van der Waals surface area contributed by atoms with Crippen LogP contribution in [0.3, 0.4) is 0 Å². The number of fused-ring (bicyclic) bond motifs is 3. The molecular weight excluding hydrogens is 426 g/mol. The second kappa shape index (κ2) is 7.87. The molecular formula is C28H21N3OS. The van der Waals surface area contributed by atoms with Crippen molar-refractivity contribution in [3.8, 4) is 33.3 Å². The third-order valence-corrected chi connectivity index (χ3v) is 6.92. The zero-order valence-corrected chi connectivity index (χ0v) is 19.1. The maximum absolute atomic E-state index is 6.01. The van der Waals surface area contributed by atoms with Crippen LogP contribution in [0.2, 0.25) is 0 Å². The zero-order chi connectivity index (χ0) is 22.4. The molecule has 0 saturated heterocycles. The Bertz CT molecular complexity index is 1440. The molecule has 5 heteroatoms. The van der Waals surface area contributed by atoms with Crippen molar-refractivity contribution < 1.29 is 4.42 Å². The van der Waals surface area contributed by atoms with Gasteiger partial charge in [0.05, 0.1) is 4.88 Å². The van der Waals surface area contributed by atoms with Gasteiger partial charge in [-0.25, -0.2) is 0 Å². The first-order valence-electron chi connectivity index (χ1n) is 10.8. The molecule has 0 saturated carbocycles. The molecule has 0 radical (unpaired) electrons. The fourth-order valence-corrected chi connectivity index (χ4v) is 5.11. The smallest absolute Gasteiger partial charge is 0.258 e. The van der Waals surface area contributed by atoms with Crippen LogP contribution in [0.25, 0.3) is 45.0 Å².